The zero-order chi connectivity index (χ0) is 50.3. The molecule has 0 fully saturated rings. The number of aromatic nitrogens is 2. The molecule has 0 radical (unpaired) electrons. The van der Waals surface area contributed by atoms with Crippen LogP contribution in [0.2, 0.25) is 0 Å². The van der Waals surface area contributed by atoms with Crippen molar-refractivity contribution in [2.45, 2.75) is 117 Å². The molecule has 0 amide bonds. The smallest absolute Gasteiger partial charge is 0.135 e. The number of pyridine rings is 1. The van der Waals surface area contributed by atoms with Crippen molar-refractivity contribution in [2.75, 3.05) is 9.80 Å². The molecule has 2 aromatic heterocycles. The molecule has 370 valence electrons. The number of nitrogens with zero attached hydrogens (tertiary/aromatic N) is 4. The topological polar surface area (TPSA) is 33.5 Å². The van der Waals surface area contributed by atoms with E-state index in [-0.39, 0.29) is 48.1 Å². The molecule has 72 heavy (non-hydrogen) atoms. The number of hydrogen-bond donors (Lipinski definition) is 0. The SMILES string of the molecule is CC(C)(C)c1cccc(N2[CH-]N(c3[c-]c(Oc4[c-]c5c(cc4)c4cc(C(C)(C)C)ccc4n5-c4cc(C(C)(C)C)ccn4)cc(C(C)(C)c4ccccc4)c3)c3ccc(C(C)(C)c4ccccc4)cc32)c1.[Pt]. The summed E-state index contributed by atoms with van der Waals surface area (Å²) < 4.78 is 9.31. The fraction of sp³-hybridized carbons (Fsp3) is 0.273. The maximum Gasteiger partial charge on any atom is 0.135 e. The first-order valence-corrected chi connectivity index (χ1v) is 25.1. The fourth-order valence-electron chi connectivity index (χ4n) is 10.0. The first kappa shape index (κ1) is 50.5. The quantitative estimate of drug-likeness (QED) is 0.135. The van der Waals surface area contributed by atoms with Gasteiger partial charge in [0.2, 0.25) is 0 Å². The van der Waals surface area contributed by atoms with E-state index in [1.54, 1.807) is 0 Å². The van der Waals surface area contributed by atoms with Crippen LogP contribution in [-0.4, -0.2) is 9.55 Å². The summed E-state index contributed by atoms with van der Waals surface area (Å²) in [6.45, 7) is 31.8. The summed E-state index contributed by atoms with van der Waals surface area (Å²) in [5.41, 5.74) is 14.0. The zero-order valence-corrected chi connectivity index (χ0v) is 46.5. The van der Waals surface area contributed by atoms with Crippen LogP contribution < -0.4 is 14.5 Å². The minimum absolute atomic E-state index is 0. The van der Waals surface area contributed by atoms with Gasteiger partial charge in [-0.15, -0.1) is 53.6 Å². The van der Waals surface area contributed by atoms with E-state index in [4.69, 9.17) is 9.72 Å². The Bertz CT molecular complexity index is 3440. The van der Waals surface area contributed by atoms with E-state index in [1.807, 2.05) is 6.20 Å². The second-order valence-corrected chi connectivity index (χ2v) is 23.6. The van der Waals surface area contributed by atoms with E-state index in [2.05, 4.69) is 281 Å². The van der Waals surface area contributed by atoms with Crippen LogP contribution in [0.1, 0.15) is 129 Å². The second kappa shape index (κ2) is 18.6. The summed E-state index contributed by atoms with van der Waals surface area (Å²) in [7, 11) is 0. The third-order valence-electron chi connectivity index (χ3n) is 14.8. The predicted molar refractivity (Wildman–Crippen MR) is 297 cm³/mol. The molecule has 5 nitrogen and oxygen atoms in total. The Balaban J connectivity index is 0.00000640. The molecule has 0 N–H and O–H groups in total. The average Bonchev–Trinajstić information content (AvgIpc) is 3.89. The van der Waals surface area contributed by atoms with E-state index in [0.29, 0.717) is 11.5 Å². The Hall–Kier alpha value is -6.42. The maximum atomic E-state index is 7.07. The molecule has 0 atom stereocenters. The van der Waals surface area contributed by atoms with Gasteiger partial charge in [-0.05, 0) is 103 Å². The molecule has 9 aromatic rings. The number of ether oxygens (including phenoxy) is 1. The summed E-state index contributed by atoms with van der Waals surface area (Å²) in [6.07, 6.45) is 1.93. The van der Waals surface area contributed by atoms with Crippen molar-refractivity contribution in [3.8, 4) is 17.3 Å². The van der Waals surface area contributed by atoms with Crippen molar-refractivity contribution in [3.63, 3.8) is 0 Å². The Morgan fingerprint density at radius 1 is 0.444 bits per heavy atom. The first-order chi connectivity index (χ1) is 33.6. The Morgan fingerprint density at radius 2 is 1.04 bits per heavy atom. The van der Waals surface area contributed by atoms with Crippen LogP contribution in [-0.2, 0) is 48.1 Å². The van der Waals surface area contributed by atoms with Gasteiger partial charge in [0, 0.05) is 66.8 Å². The minimum atomic E-state index is -0.384. The Morgan fingerprint density at radius 3 is 1.69 bits per heavy atom. The standard InChI is InChI=1S/C66H67N4O.Pt/c1-62(2,3)46-25-20-26-51(35-46)68-43-69(58-32-28-49(39-60(58)68)65(10,11)44-21-16-14-17-22-44)52-36-50(66(12,13)45-23-18-15-19-24-45)37-54(41-52)71-53-29-30-55-56-38-47(63(4,5)6)27-31-57(56)70(59(55)42-53)61-40-48(33-34-67-61)64(7,8)9;/h14-40,43H,1-13H3;/q-3;. The molecule has 0 spiro atoms. The molecule has 0 bridgehead atoms. The van der Waals surface area contributed by atoms with Gasteiger partial charge >= 0.3 is 0 Å². The maximum absolute atomic E-state index is 7.07. The van der Waals surface area contributed by atoms with Crippen LogP contribution in [0.4, 0.5) is 22.7 Å². The number of rotatable bonds is 9. The van der Waals surface area contributed by atoms with Gasteiger partial charge < -0.3 is 19.1 Å². The molecular formula is C66H67N4OPt-3. The van der Waals surface area contributed by atoms with E-state index in [1.165, 1.54) is 33.4 Å². The third kappa shape index (κ3) is 9.42. The van der Waals surface area contributed by atoms with Gasteiger partial charge in [-0.2, -0.15) is 6.07 Å². The Kier molecular flexibility index (Phi) is 13.0. The normalized spacial score (nSPS) is 13.4. The van der Waals surface area contributed by atoms with Crippen molar-refractivity contribution in [1.29, 1.82) is 0 Å². The van der Waals surface area contributed by atoms with Gasteiger partial charge in [-0.25, -0.2) is 4.98 Å². The second-order valence-electron chi connectivity index (χ2n) is 23.6. The summed E-state index contributed by atoms with van der Waals surface area (Å²) in [5, 5.41) is 2.26. The molecule has 1 aliphatic rings. The number of anilines is 4. The largest absolute Gasteiger partial charge is 0.509 e. The molecule has 10 rings (SSSR count). The first-order valence-electron chi connectivity index (χ1n) is 25.1. The molecule has 0 saturated carbocycles. The third-order valence-corrected chi connectivity index (χ3v) is 14.8. The van der Waals surface area contributed by atoms with Gasteiger partial charge in [0.05, 0.1) is 0 Å². The summed E-state index contributed by atoms with van der Waals surface area (Å²) in [4.78, 5) is 9.60. The van der Waals surface area contributed by atoms with Crippen LogP contribution in [0, 0.1) is 18.8 Å². The van der Waals surface area contributed by atoms with Crippen molar-refractivity contribution < 1.29 is 25.8 Å². The van der Waals surface area contributed by atoms with Crippen molar-refractivity contribution in [3.05, 3.63) is 222 Å². The molecule has 3 heterocycles. The Labute approximate surface area is 443 Å². The predicted octanol–water partition coefficient (Wildman–Crippen LogP) is 17.5. The molecule has 7 aromatic carbocycles. The molecule has 1 aliphatic heterocycles. The summed E-state index contributed by atoms with van der Waals surface area (Å²) in [5.74, 6) is 2.05. The molecular weight excluding hydrogens is 1060 g/mol. The number of fused-ring (bicyclic) bond motifs is 4. The van der Waals surface area contributed by atoms with Crippen molar-refractivity contribution >= 4 is 44.6 Å². The van der Waals surface area contributed by atoms with Gasteiger partial charge in [0.1, 0.15) is 5.82 Å². The molecule has 0 unspecified atom stereocenters. The van der Waals surface area contributed by atoms with E-state index < -0.39 is 0 Å². The van der Waals surface area contributed by atoms with E-state index >= 15 is 0 Å². The van der Waals surface area contributed by atoms with E-state index in [9.17, 15) is 0 Å². The van der Waals surface area contributed by atoms with Crippen LogP contribution in [0.3, 0.4) is 0 Å². The number of benzene rings is 7. The molecule has 6 heteroatoms. The van der Waals surface area contributed by atoms with Gasteiger partial charge in [0.25, 0.3) is 0 Å². The number of hydrogen-bond acceptors (Lipinski definition) is 4. The zero-order valence-electron chi connectivity index (χ0n) is 44.2. The van der Waals surface area contributed by atoms with Crippen molar-refractivity contribution in [1.82, 2.24) is 9.55 Å². The van der Waals surface area contributed by atoms with Crippen LogP contribution >= 0.6 is 0 Å². The van der Waals surface area contributed by atoms with Crippen LogP contribution in [0.15, 0.2) is 164 Å². The fourth-order valence-corrected chi connectivity index (χ4v) is 10.0. The van der Waals surface area contributed by atoms with Gasteiger partial charge in [-0.1, -0.05) is 187 Å². The average molecular weight is 1130 g/mol. The summed E-state index contributed by atoms with van der Waals surface area (Å²) in [6, 6.07) is 64.8. The monoisotopic (exact) mass is 1130 g/mol. The molecule has 0 saturated heterocycles. The minimum Gasteiger partial charge on any atom is -0.509 e. The van der Waals surface area contributed by atoms with Crippen LogP contribution in [0.5, 0.6) is 11.5 Å². The molecule has 0 aliphatic carbocycles. The van der Waals surface area contributed by atoms with Crippen molar-refractivity contribution in [2.24, 2.45) is 0 Å². The van der Waals surface area contributed by atoms with E-state index in [0.717, 1.165) is 55.9 Å². The van der Waals surface area contributed by atoms with Crippen LogP contribution in [0.25, 0.3) is 27.6 Å². The van der Waals surface area contributed by atoms with Gasteiger partial charge in [0.15, 0.2) is 0 Å². The summed E-state index contributed by atoms with van der Waals surface area (Å²) >= 11 is 0. The van der Waals surface area contributed by atoms with Gasteiger partial charge in [-0.3, -0.25) is 0 Å².